The van der Waals surface area contributed by atoms with Crippen molar-refractivity contribution in [2.24, 2.45) is 18.4 Å². The van der Waals surface area contributed by atoms with E-state index >= 15 is 0 Å². The van der Waals surface area contributed by atoms with Gasteiger partial charge in [0.15, 0.2) is 0 Å². The zero-order valence-corrected chi connectivity index (χ0v) is 20.9. The van der Waals surface area contributed by atoms with Gasteiger partial charge in [0.1, 0.15) is 0 Å². The number of imide groups is 1. The van der Waals surface area contributed by atoms with E-state index in [2.05, 4.69) is 45.8 Å². The molecule has 1 saturated carbocycles. The minimum Gasteiger partial charge on any atom is -0.375 e. The Hall–Kier alpha value is -2.45. The molecule has 3 aliphatic heterocycles. The normalized spacial score (nSPS) is 29.4. The molecule has 4 fully saturated rings. The van der Waals surface area contributed by atoms with E-state index in [1.165, 1.54) is 38.0 Å². The number of carbonyl (C=O) groups is 2. The summed E-state index contributed by atoms with van der Waals surface area (Å²) in [5.41, 5.74) is 3.55. The first-order valence-electron chi connectivity index (χ1n) is 13.3. The Balaban J connectivity index is 1.09. The average Bonchev–Trinajstić information content (AvgIpc) is 3.15. The second kappa shape index (κ2) is 8.89. The van der Waals surface area contributed by atoms with Gasteiger partial charge in [0.05, 0.1) is 29.3 Å². The fourth-order valence-electron chi connectivity index (χ4n) is 6.83. The van der Waals surface area contributed by atoms with Gasteiger partial charge < -0.3 is 15.0 Å². The van der Waals surface area contributed by atoms with Gasteiger partial charge in [-0.3, -0.25) is 19.6 Å². The number of nitrogens with zero attached hydrogens (tertiary/aromatic N) is 3. The highest BCUT2D eigenvalue weighted by molar-refractivity contribution is 6.02. The van der Waals surface area contributed by atoms with Crippen LogP contribution >= 0.6 is 0 Å². The molecule has 8 heteroatoms. The molecule has 1 aromatic heterocycles. The summed E-state index contributed by atoms with van der Waals surface area (Å²) in [6, 6.07) is 6.43. The Morgan fingerprint density at radius 1 is 1.11 bits per heavy atom. The number of ether oxygens (including phenoxy) is 1. The second-order valence-corrected chi connectivity index (χ2v) is 11.4. The van der Waals surface area contributed by atoms with Crippen LogP contribution in [0.1, 0.15) is 63.5 Å². The molecule has 188 valence electrons. The minimum absolute atomic E-state index is 0.196. The summed E-state index contributed by atoms with van der Waals surface area (Å²) in [4.78, 5) is 26.4. The highest BCUT2D eigenvalue weighted by atomic mass is 16.5. The fourth-order valence-corrected chi connectivity index (χ4v) is 6.83. The van der Waals surface area contributed by atoms with Crippen LogP contribution in [0.25, 0.3) is 10.9 Å². The van der Waals surface area contributed by atoms with E-state index in [0.29, 0.717) is 36.4 Å². The first kappa shape index (κ1) is 23.0. The van der Waals surface area contributed by atoms with E-state index in [-0.39, 0.29) is 17.7 Å². The number of rotatable bonds is 4. The number of aryl methyl sites for hydroxylation is 1. The molecule has 3 saturated heterocycles. The van der Waals surface area contributed by atoms with E-state index in [1.54, 1.807) is 0 Å². The van der Waals surface area contributed by atoms with Crippen molar-refractivity contribution < 1.29 is 14.3 Å². The van der Waals surface area contributed by atoms with Crippen LogP contribution in [0.15, 0.2) is 18.2 Å². The van der Waals surface area contributed by atoms with Gasteiger partial charge >= 0.3 is 0 Å². The first-order valence-corrected chi connectivity index (χ1v) is 13.3. The number of benzene rings is 1. The standard InChI is InChI=1S/C27H37N5O3/c1-17-14-27(15-28-16-27)10-7-23(17)35-19-8-11-32(12-9-19)18-3-4-20-22(13-18)31(2)30-25(20)21-5-6-24(33)29-26(21)34/h3-4,13,17,19,21,23,28H,5-12,14-16H2,1-2H3,(H,29,33,34)/t17-,21?,23+/m1/s1. The van der Waals surface area contributed by atoms with Gasteiger partial charge in [-0.2, -0.15) is 5.10 Å². The van der Waals surface area contributed by atoms with Crippen LogP contribution in [-0.4, -0.2) is 60.0 Å². The number of hydrogen-bond donors (Lipinski definition) is 2. The van der Waals surface area contributed by atoms with Crippen LogP contribution in [-0.2, 0) is 21.4 Å². The SMILES string of the molecule is C[C@@H]1CC2(CC[C@@H]1OC1CCN(c3ccc4c(C5CCC(=O)NC5=O)nn(C)c4c3)CC1)CNC2. The highest BCUT2D eigenvalue weighted by Gasteiger charge is 2.44. The third-order valence-electron chi connectivity index (χ3n) is 8.96. The Bertz CT molecular complexity index is 1130. The average molecular weight is 480 g/mol. The molecular formula is C27H37N5O3. The molecular weight excluding hydrogens is 442 g/mol. The van der Waals surface area contributed by atoms with Crippen molar-refractivity contribution in [1.29, 1.82) is 0 Å². The molecule has 2 N–H and O–H groups in total. The first-order chi connectivity index (χ1) is 16.9. The highest BCUT2D eigenvalue weighted by Crippen LogP contribution is 2.43. The molecule has 6 rings (SSSR count). The third kappa shape index (κ3) is 4.25. The molecule has 1 spiro atoms. The predicted octanol–water partition coefficient (Wildman–Crippen LogP) is 2.86. The van der Waals surface area contributed by atoms with Gasteiger partial charge in [-0.05, 0) is 68.1 Å². The number of aromatic nitrogens is 2. The van der Waals surface area contributed by atoms with Crippen LogP contribution in [0, 0.1) is 11.3 Å². The number of hydrogen-bond acceptors (Lipinski definition) is 6. The Kier molecular flexibility index (Phi) is 5.84. The minimum atomic E-state index is -0.368. The van der Waals surface area contributed by atoms with Crippen LogP contribution in [0.3, 0.4) is 0 Å². The van der Waals surface area contributed by atoms with Crippen molar-refractivity contribution in [2.75, 3.05) is 31.1 Å². The lowest BCUT2D eigenvalue weighted by atomic mass is 9.65. The van der Waals surface area contributed by atoms with Gasteiger partial charge in [0.25, 0.3) is 0 Å². The van der Waals surface area contributed by atoms with E-state index in [4.69, 9.17) is 4.74 Å². The van der Waals surface area contributed by atoms with E-state index < -0.39 is 0 Å². The van der Waals surface area contributed by atoms with Crippen LogP contribution in [0.4, 0.5) is 5.69 Å². The van der Waals surface area contributed by atoms with Gasteiger partial charge in [-0.15, -0.1) is 0 Å². The van der Waals surface area contributed by atoms with Gasteiger partial charge in [0.2, 0.25) is 11.8 Å². The molecule has 1 aromatic carbocycles. The van der Waals surface area contributed by atoms with E-state index in [1.807, 2.05) is 11.7 Å². The zero-order valence-electron chi connectivity index (χ0n) is 20.9. The summed E-state index contributed by atoms with van der Waals surface area (Å²) in [7, 11) is 1.93. The van der Waals surface area contributed by atoms with Crippen molar-refractivity contribution >= 4 is 28.4 Å². The molecule has 8 nitrogen and oxygen atoms in total. The smallest absolute Gasteiger partial charge is 0.235 e. The van der Waals surface area contributed by atoms with Gasteiger partial charge in [-0.25, -0.2) is 0 Å². The lowest BCUT2D eigenvalue weighted by molar-refractivity contribution is -0.134. The molecule has 1 aliphatic carbocycles. The summed E-state index contributed by atoms with van der Waals surface area (Å²) >= 11 is 0. The van der Waals surface area contributed by atoms with E-state index in [9.17, 15) is 9.59 Å². The number of nitrogens with one attached hydrogen (secondary N) is 2. The maximum atomic E-state index is 12.4. The monoisotopic (exact) mass is 479 g/mol. The van der Waals surface area contributed by atoms with Crippen LogP contribution < -0.4 is 15.5 Å². The number of anilines is 1. The zero-order chi connectivity index (χ0) is 24.2. The number of piperidine rings is 2. The Labute approximate surface area is 206 Å². The van der Waals surface area contributed by atoms with Crippen molar-refractivity contribution in [3.8, 4) is 0 Å². The molecule has 2 aromatic rings. The van der Waals surface area contributed by atoms with Crippen molar-refractivity contribution in [3.05, 3.63) is 23.9 Å². The summed E-state index contributed by atoms with van der Waals surface area (Å²) in [5, 5.41) is 11.6. The lowest BCUT2D eigenvalue weighted by Gasteiger charge is -2.50. The van der Waals surface area contributed by atoms with Crippen LogP contribution in [0.2, 0.25) is 0 Å². The Morgan fingerprint density at radius 3 is 2.60 bits per heavy atom. The lowest BCUT2D eigenvalue weighted by Crippen LogP contribution is -2.57. The quantitative estimate of drug-likeness (QED) is 0.656. The topological polar surface area (TPSA) is 88.5 Å². The summed E-state index contributed by atoms with van der Waals surface area (Å²) < 4.78 is 8.51. The second-order valence-electron chi connectivity index (χ2n) is 11.4. The molecule has 0 bridgehead atoms. The third-order valence-corrected chi connectivity index (χ3v) is 8.96. The molecule has 35 heavy (non-hydrogen) atoms. The van der Waals surface area contributed by atoms with Crippen LogP contribution in [0.5, 0.6) is 0 Å². The van der Waals surface area contributed by atoms with E-state index in [0.717, 1.165) is 42.5 Å². The maximum absolute atomic E-state index is 12.4. The maximum Gasteiger partial charge on any atom is 0.235 e. The number of amides is 2. The van der Waals surface area contributed by atoms with Crippen molar-refractivity contribution in [1.82, 2.24) is 20.4 Å². The molecule has 3 atom stereocenters. The van der Waals surface area contributed by atoms with Gasteiger partial charge in [0, 0.05) is 50.7 Å². The fraction of sp³-hybridized carbons (Fsp3) is 0.667. The van der Waals surface area contributed by atoms with Crippen molar-refractivity contribution in [2.45, 2.75) is 70.0 Å². The predicted molar refractivity (Wildman–Crippen MR) is 134 cm³/mol. The number of carbonyl (C=O) groups excluding carboxylic acids is 2. The van der Waals surface area contributed by atoms with Gasteiger partial charge in [-0.1, -0.05) is 6.92 Å². The Morgan fingerprint density at radius 2 is 1.91 bits per heavy atom. The van der Waals surface area contributed by atoms with Crippen molar-refractivity contribution in [3.63, 3.8) is 0 Å². The summed E-state index contributed by atoms with van der Waals surface area (Å²) in [6.07, 6.45) is 7.57. The summed E-state index contributed by atoms with van der Waals surface area (Å²) in [6.45, 7) is 6.74. The molecule has 4 heterocycles. The largest absolute Gasteiger partial charge is 0.375 e. The molecule has 1 unspecified atom stereocenters. The molecule has 2 amide bonds. The number of fused-ring (bicyclic) bond motifs is 1. The molecule has 4 aliphatic rings. The summed E-state index contributed by atoms with van der Waals surface area (Å²) in [5.74, 6) is -0.152. The molecule has 0 radical (unpaired) electrons.